The first-order chi connectivity index (χ1) is 7.43. The monoisotopic (exact) mass is 218 g/mol. The van der Waals surface area contributed by atoms with Gasteiger partial charge in [0.2, 0.25) is 0 Å². The molecule has 0 bridgehead atoms. The topological polar surface area (TPSA) is 40.2 Å². The van der Waals surface area contributed by atoms with Crippen LogP contribution in [-0.2, 0) is 12.6 Å². The van der Waals surface area contributed by atoms with E-state index in [2.05, 4.69) is 16.7 Å². The van der Waals surface area contributed by atoms with E-state index < -0.39 is 5.54 Å². The van der Waals surface area contributed by atoms with E-state index in [0.717, 1.165) is 11.3 Å². The van der Waals surface area contributed by atoms with Crippen LogP contribution in [0.1, 0.15) is 19.4 Å². The van der Waals surface area contributed by atoms with Crippen molar-refractivity contribution in [1.29, 1.82) is 0 Å². The molecule has 16 heavy (non-hydrogen) atoms. The number of methoxy groups -OCH3 is 1. The van der Waals surface area contributed by atoms with Crippen molar-refractivity contribution >= 4 is 10.9 Å². The lowest BCUT2D eigenvalue weighted by molar-refractivity contribution is 0.395. The largest absolute Gasteiger partial charge is 0.496 e. The van der Waals surface area contributed by atoms with E-state index in [1.165, 1.54) is 10.9 Å². The molecule has 1 aromatic carbocycles. The molecule has 3 nitrogen and oxygen atoms in total. The minimum atomic E-state index is -0.399. The highest BCUT2D eigenvalue weighted by Gasteiger charge is 2.20. The Kier molecular flexibility index (Phi) is 2.43. The highest BCUT2D eigenvalue weighted by molar-refractivity contribution is 5.83. The quantitative estimate of drug-likeness (QED) is 0.840. The molecule has 0 unspecified atom stereocenters. The molecule has 2 N–H and O–H groups in total. The molecule has 2 rings (SSSR count). The van der Waals surface area contributed by atoms with Gasteiger partial charge in [0.15, 0.2) is 0 Å². The summed E-state index contributed by atoms with van der Waals surface area (Å²) in [5.41, 5.74) is 7.96. The summed E-state index contributed by atoms with van der Waals surface area (Å²) >= 11 is 0. The fourth-order valence-electron chi connectivity index (χ4n) is 1.97. The summed E-state index contributed by atoms with van der Waals surface area (Å²) in [4.78, 5) is 0. The first kappa shape index (κ1) is 11.0. The van der Waals surface area contributed by atoms with Crippen LogP contribution in [0, 0.1) is 0 Å². The van der Waals surface area contributed by atoms with Crippen LogP contribution in [0.3, 0.4) is 0 Å². The van der Waals surface area contributed by atoms with Gasteiger partial charge < -0.3 is 15.0 Å². The number of rotatable bonds is 2. The van der Waals surface area contributed by atoms with Crippen molar-refractivity contribution in [2.45, 2.75) is 19.4 Å². The number of aryl methyl sites for hydroxylation is 1. The van der Waals surface area contributed by atoms with E-state index in [1.54, 1.807) is 7.11 Å². The van der Waals surface area contributed by atoms with E-state index in [0.29, 0.717) is 0 Å². The zero-order chi connectivity index (χ0) is 11.9. The molecule has 86 valence electrons. The summed E-state index contributed by atoms with van der Waals surface area (Å²) in [5, 5.41) is 1.17. The van der Waals surface area contributed by atoms with Gasteiger partial charge in [0.1, 0.15) is 5.75 Å². The van der Waals surface area contributed by atoms with Crippen LogP contribution in [0.4, 0.5) is 0 Å². The third-order valence-electron chi connectivity index (χ3n) is 2.90. The predicted molar refractivity (Wildman–Crippen MR) is 66.7 cm³/mol. The van der Waals surface area contributed by atoms with Gasteiger partial charge in [0.25, 0.3) is 0 Å². The third kappa shape index (κ3) is 1.67. The molecule has 0 radical (unpaired) electrons. The van der Waals surface area contributed by atoms with Gasteiger partial charge in [-0.2, -0.15) is 0 Å². The van der Waals surface area contributed by atoms with Crippen LogP contribution in [0.25, 0.3) is 10.9 Å². The summed E-state index contributed by atoms with van der Waals surface area (Å²) in [6.45, 7) is 3.97. The first-order valence-electron chi connectivity index (χ1n) is 5.36. The Balaban J connectivity index is 2.75. The molecule has 0 spiro atoms. The maximum absolute atomic E-state index is 6.15. The molecule has 2 aromatic rings. The van der Waals surface area contributed by atoms with E-state index in [4.69, 9.17) is 10.5 Å². The third-order valence-corrected chi connectivity index (χ3v) is 2.90. The van der Waals surface area contributed by atoms with Crippen LogP contribution >= 0.6 is 0 Å². The summed E-state index contributed by atoms with van der Waals surface area (Å²) in [6, 6.07) is 6.22. The minimum absolute atomic E-state index is 0.399. The fraction of sp³-hybridized carbons (Fsp3) is 0.385. The lowest BCUT2D eigenvalue weighted by Gasteiger charge is -2.22. The van der Waals surface area contributed by atoms with Crippen molar-refractivity contribution in [2.75, 3.05) is 7.11 Å². The summed E-state index contributed by atoms with van der Waals surface area (Å²) in [5.74, 6) is 0.853. The Hall–Kier alpha value is -1.48. The van der Waals surface area contributed by atoms with Crippen molar-refractivity contribution in [3.8, 4) is 5.75 Å². The van der Waals surface area contributed by atoms with Crippen molar-refractivity contribution in [1.82, 2.24) is 4.57 Å². The standard InChI is InChI=1S/C13H18N2O/c1-13(2,14)10-8-11-9(5-6-15(11)3)7-12(10)16-4/h5-8H,14H2,1-4H3. The van der Waals surface area contributed by atoms with Gasteiger partial charge in [-0.3, -0.25) is 0 Å². The van der Waals surface area contributed by atoms with Crippen LogP contribution in [0.5, 0.6) is 5.75 Å². The second kappa shape index (κ2) is 3.52. The number of benzene rings is 1. The van der Waals surface area contributed by atoms with Crippen molar-refractivity contribution < 1.29 is 4.74 Å². The molecule has 0 saturated heterocycles. The Morgan fingerprint density at radius 1 is 1.31 bits per heavy atom. The number of hydrogen-bond donors (Lipinski definition) is 1. The molecule has 0 amide bonds. The molecule has 0 aliphatic carbocycles. The molecule has 3 heteroatoms. The minimum Gasteiger partial charge on any atom is -0.496 e. The number of aromatic nitrogens is 1. The molecule has 1 aromatic heterocycles. The first-order valence-corrected chi connectivity index (χ1v) is 5.36. The van der Waals surface area contributed by atoms with E-state index in [-0.39, 0.29) is 0 Å². The van der Waals surface area contributed by atoms with Crippen LogP contribution in [-0.4, -0.2) is 11.7 Å². The van der Waals surface area contributed by atoms with E-state index in [1.807, 2.05) is 33.2 Å². The molecule has 0 atom stereocenters. The lowest BCUT2D eigenvalue weighted by Crippen LogP contribution is -2.29. The van der Waals surface area contributed by atoms with Gasteiger partial charge >= 0.3 is 0 Å². The number of fused-ring (bicyclic) bond motifs is 1. The highest BCUT2D eigenvalue weighted by atomic mass is 16.5. The molecule has 0 aliphatic heterocycles. The molecular weight excluding hydrogens is 200 g/mol. The zero-order valence-electron chi connectivity index (χ0n) is 10.2. The zero-order valence-corrected chi connectivity index (χ0v) is 10.2. The van der Waals surface area contributed by atoms with Crippen molar-refractivity contribution in [3.05, 3.63) is 30.0 Å². The van der Waals surface area contributed by atoms with Crippen LogP contribution < -0.4 is 10.5 Å². The molecule has 0 aliphatic rings. The number of ether oxygens (including phenoxy) is 1. The summed E-state index contributed by atoms with van der Waals surface area (Å²) in [6.07, 6.45) is 2.04. The lowest BCUT2D eigenvalue weighted by atomic mass is 9.93. The number of nitrogens with zero attached hydrogens (tertiary/aromatic N) is 1. The molecular formula is C13H18N2O. The fourth-order valence-corrected chi connectivity index (χ4v) is 1.97. The van der Waals surface area contributed by atoms with E-state index in [9.17, 15) is 0 Å². The summed E-state index contributed by atoms with van der Waals surface area (Å²) in [7, 11) is 3.71. The predicted octanol–water partition coefficient (Wildman–Crippen LogP) is 2.38. The van der Waals surface area contributed by atoms with Gasteiger partial charge in [-0.1, -0.05) is 0 Å². The van der Waals surface area contributed by atoms with Crippen LogP contribution in [0.15, 0.2) is 24.4 Å². The molecule has 1 heterocycles. The summed E-state index contributed by atoms with van der Waals surface area (Å²) < 4.78 is 7.49. The second-order valence-corrected chi connectivity index (χ2v) is 4.76. The van der Waals surface area contributed by atoms with Gasteiger partial charge in [-0.05, 0) is 32.0 Å². The van der Waals surface area contributed by atoms with Gasteiger partial charge in [0.05, 0.1) is 7.11 Å². The smallest absolute Gasteiger partial charge is 0.124 e. The Bertz CT molecular complexity index is 520. The normalized spacial score (nSPS) is 12.1. The Morgan fingerprint density at radius 2 is 2.00 bits per heavy atom. The second-order valence-electron chi connectivity index (χ2n) is 4.76. The maximum Gasteiger partial charge on any atom is 0.124 e. The average Bonchev–Trinajstić information content (AvgIpc) is 2.57. The SMILES string of the molecule is COc1cc2ccn(C)c2cc1C(C)(C)N. The van der Waals surface area contributed by atoms with Gasteiger partial charge in [-0.15, -0.1) is 0 Å². The van der Waals surface area contributed by atoms with Gasteiger partial charge in [-0.25, -0.2) is 0 Å². The van der Waals surface area contributed by atoms with E-state index >= 15 is 0 Å². The Labute approximate surface area is 95.8 Å². The van der Waals surface area contributed by atoms with Gasteiger partial charge in [0, 0.05) is 35.2 Å². The van der Waals surface area contributed by atoms with Crippen molar-refractivity contribution in [3.63, 3.8) is 0 Å². The maximum atomic E-state index is 6.15. The number of nitrogens with two attached hydrogens (primary N) is 1. The van der Waals surface area contributed by atoms with Crippen LogP contribution in [0.2, 0.25) is 0 Å². The molecule has 0 fully saturated rings. The highest BCUT2D eigenvalue weighted by Crippen LogP contribution is 2.32. The Morgan fingerprint density at radius 3 is 2.56 bits per heavy atom. The van der Waals surface area contributed by atoms with Crippen molar-refractivity contribution in [2.24, 2.45) is 12.8 Å². The average molecular weight is 218 g/mol. The number of hydrogen-bond acceptors (Lipinski definition) is 2. The molecule has 0 saturated carbocycles.